The van der Waals surface area contributed by atoms with E-state index in [1.54, 1.807) is 18.2 Å². The molecule has 0 bridgehead atoms. The number of benzene rings is 1. The number of methoxy groups -OCH3 is 1. The van der Waals surface area contributed by atoms with Crippen molar-refractivity contribution in [2.45, 2.75) is 26.7 Å². The number of carbonyl (C=O) groups excluding carboxylic acids is 1. The Morgan fingerprint density at radius 2 is 2.10 bits per heavy atom. The maximum absolute atomic E-state index is 12.1. The highest BCUT2D eigenvalue weighted by molar-refractivity contribution is 6.32. The Bertz CT molecular complexity index is 632. The van der Waals surface area contributed by atoms with Crippen molar-refractivity contribution in [3.8, 4) is 5.75 Å². The molecule has 0 spiro atoms. The van der Waals surface area contributed by atoms with Gasteiger partial charge in [-0.15, -0.1) is 0 Å². The Labute approximate surface area is 129 Å². The zero-order valence-corrected chi connectivity index (χ0v) is 13.1. The number of aliphatic hydroxyl groups excluding tert-OH is 1. The van der Waals surface area contributed by atoms with Gasteiger partial charge < -0.3 is 9.84 Å². The Kier molecular flexibility index (Phi) is 4.37. The van der Waals surface area contributed by atoms with Crippen LogP contribution >= 0.6 is 11.6 Å². The molecule has 4 nitrogen and oxygen atoms in total. The van der Waals surface area contributed by atoms with Gasteiger partial charge in [0.2, 0.25) is 0 Å². The summed E-state index contributed by atoms with van der Waals surface area (Å²) in [5, 5.41) is 10.5. The molecule has 1 aromatic carbocycles. The van der Waals surface area contributed by atoms with Crippen LogP contribution in [0.3, 0.4) is 0 Å². The van der Waals surface area contributed by atoms with Gasteiger partial charge in [-0.3, -0.25) is 9.79 Å². The number of nitrogens with zero attached hydrogens (tertiary/aromatic N) is 1. The van der Waals surface area contributed by atoms with Crippen molar-refractivity contribution in [1.82, 2.24) is 0 Å². The number of Topliss-reactive ketones (excluding diaryl/α,β-unsaturated/α-hetero) is 1. The Hall–Kier alpha value is -1.81. The lowest BCUT2D eigenvalue weighted by atomic mass is 9.77. The summed E-state index contributed by atoms with van der Waals surface area (Å²) in [6.07, 6.45) is 2.29. The van der Waals surface area contributed by atoms with Crippen molar-refractivity contribution >= 4 is 29.3 Å². The molecule has 1 aromatic rings. The van der Waals surface area contributed by atoms with Gasteiger partial charge in [0.05, 0.1) is 23.4 Å². The highest BCUT2D eigenvalue weighted by Gasteiger charge is 2.32. The fraction of sp³-hybridized carbons (Fsp3) is 0.375. The summed E-state index contributed by atoms with van der Waals surface area (Å²) in [5.74, 6) is 0.569. The van der Waals surface area contributed by atoms with Crippen LogP contribution in [-0.2, 0) is 4.79 Å². The monoisotopic (exact) mass is 307 g/mol. The van der Waals surface area contributed by atoms with E-state index in [0.717, 1.165) is 0 Å². The summed E-state index contributed by atoms with van der Waals surface area (Å²) in [6, 6.07) is 5.08. The first kappa shape index (κ1) is 15.6. The van der Waals surface area contributed by atoms with Gasteiger partial charge >= 0.3 is 0 Å². The third-order valence-electron chi connectivity index (χ3n) is 3.37. The topological polar surface area (TPSA) is 58.9 Å². The highest BCUT2D eigenvalue weighted by atomic mass is 35.5. The predicted octanol–water partition coefficient (Wildman–Crippen LogP) is 4.25. The smallest absolute Gasteiger partial charge is 0.168 e. The maximum atomic E-state index is 12.1. The number of aliphatic imine (C=N–C) groups is 1. The van der Waals surface area contributed by atoms with Crippen LogP contribution in [0.4, 0.5) is 5.69 Å². The highest BCUT2D eigenvalue weighted by Crippen LogP contribution is 2.35. The van der Waals surface area contributed by atoms with Crippen LogP contribution in [0.5, 0.6) is 5.75 Å². The fourth-order valence-electron chi connectivity index (χ4n) is 2.32. The van der Waals surface area contributed by atoms with E-state index in [1.165, 1.54) is 13.3 Å². The molecule has 1 aliphatic rings. The number of ether oxygens (including phenoxy) is 1. The van der Waals surface area contributed by atoms with Crippen molar-refractivity contribution in [3.05, 3.63) is 34.6 Å². The summed E-state index contributed by atoms with van der Waals surface area (Å²) in [6.45, 7) is 3.91. The van der Waals surface area contributed by atoms with E-state index in [4.69, 9.17) is 16.3 Å². The summed E-state index contributed by atoms with van der Waals surface area (Å²) in [4.78, 5) is 16.3. The van der Waals surface area contributed by atoms with Crippen molar-refractivity contribution in [2.24, 2.45) is 10.4 Å². The van der Waals surface area contributed by atoms with Gasteiger partial charge in [0.15, 0.2) is 5.78 Å². The summed E-state index contributed by atoms with van der Waals surface area (Å²) >= 11 is 6.02. The van der Waals surface area contributed by atoms with Crippen molar-refractivity contribution in [3.63, 3.8) is 0 Å². The predicted molar refractivity (Wildman–Crippen MR) is 83.8 cm³/mol. The fourth-order valence-corrected chi connectivity index (χ4v) is 2.57. The normalized spacial score (nSPS) is 18.4. The maximum Gasteiger partial charge on any atom is 0.168 e. The van der Waals surface area contributed by atoms with Crippen molar-refractivity contribution in [2.75, 3.05) is 7.11 Å². The number of ketones is 1. The minimum atomic E-state index is -0.206. The lowest BCUT2D eigenvalue weighted by Crippen LogP contribution is -2.26. The first-order valence-corrected chi connectivity index (χ1v) is 7.03. The second-order valence-corrected chi connectivity index (χ2v) is 6.29. The molecule has 0 aromatic heterocycles. The molecular formula is C16H18ClNO3. The average Bonchev–Trinajstić information content (AvgIpc) is 2.36. The van der Waals surface area contributed by atoms with Gasteiger partial charge in [-0.2, -0.15) is 0 Å². The van der Waals surface area contributed by atoms with Crippen molar-refractivity contribution in [1.29, 1.82) is 0 Å². The van der Waals surface area contributed by atoms with Gasteiger partial charge in [0, 0.05) is 19.1 Å². The van der Waals surface area contributed by atoms with Crippen LogP contribution in [-0.4, -0.2) is 24.2 Å². The Balaban J connectivity index is 2.25. The van der Waals surface area contributed by atoms with E-state index < -0.39 is 0 Å². The second-order valence-electron chi connectivity index (χ2n) is 5.88. The standard InChI is InChI=1S/C16H18ClNO3/c1-16(2)7-13(19)11(14(20)8-16)9-18-10-4-5-15(21-3)12(17)6-10/h4-6,9,19H,7-8H2,1-3H3. The number of aliphatic hydroxyl groups is 1. The molecule has 5 heteroatoms. The van der Waals surface area contributed by atoms with Gasteiger partial charge in [0.1, 0.15) is 11.5 Å². The van der Waals surface area contributed by atoms with E-state index in [2.05, 4.69) is 4.99 Å². The summed E-state index contributed by atoms with van der Waals surface area (Å²) < 4.78 is 5.06. The first-order chi connectivity index (χ1) is 9.82. The Morgan fingerprint density at radius 1 is 1.38 bits per heavy atom. The number of allylic oxidation sites excluding steroid dienone is 2. The zero-order chi connectivity index (χ0) is 15.6. The lowest BCUT2D eigenvalue weighted by Gasteiger charge is -2.28. The van der Waals surface area contributed by atoms with Crippen LogP contribution in [0, 0.1) is 5.41 Å². The van der Waals surface area contributed by atoms with E-state index >= 15 is 0 Å². The Morgan fingerprint density at radius 3 is 2.67 bits per heavy atom. The van der Waals surface area contributed by atoms with Crippen LogP contribution in [0.1, 0.15) is 26.7 Å². The van der Waals surface area contributed by atoms with E-state index in [-0.39, 0.29) is 22.5 Å². The summed E-state index contributed by atoms with van der Waals surface area (Å²) in [7, 11) is 1.54. The number of halogens is 1. The van der Waals surface area contributed by atoms with Gasteiger partial charge in [-0.05, 0) is 23.6 Å². The van der Waals surface area contributed by atoms with Crippen LogP contribution in [0.2, 0.25) is 5.02 Å². The molecular weight excluding hydrogens is 290 g/mol. The lowest BCUT2D eigenvalue weighted by molar-refractivity contribution is -0.117. The molecule has 0 atom stereocenters. The second kappa shape index (κ2) is 5.90. The molecule has 21 heavy (non-hydrogen) atoms. The number of hydrogen-bond acceptors (Lipinski definition) is 4. The largest absolute Gasteiger partial charge is 0.511 e. The van der Waals surface area contributed by atoms with Crippen molar-refractivity contribution < 1.29 is 14.6 Å². The molecule has 0 saturated carbocycles. The molecule has 2 rings (SSSR count). The molecule has 0 unspecified atom stereocenters. The summed E-state index contributed by atoms with van der Waals surface area (Å²) in [5.41, 5.74) is 0.669. The van der Waals surface area contributed by atoms with E-state index in [0.29, 0.717) is 29.3 Å². The molecule has 0 amide bonds. The van der Waals surface area contributed by atoms with Gasteiger partial charge in [-0.1, -0.05) is 25.4 Å². The quantitative estimate of drug-likeness (QED) is 0.849. The first-order valence-electron chi connectivity index (χ1n) is 6.65. The third kappa shape index (κ3) is 3.64. The molecule has 0 aliphatic heterocycles. The number of rotatable bonds is 3. The molecule has 1 aliphatic carbocycles. The molecule has 0 saturated heterocycles. The van der Waals surface area contributed by atoms with E-state index in [1.807, 2.05) is 13.8 Å². The van der Waals surface area contributed by atoms with Gasteiger partial charge in [0.25, 0.3) is 0 Å². The van der Waals surface area contributed by atoms with Crippen LogP contribution < -0.4 is 4.74 Å². The minimum absolute atomic E-state index is 0.0906. The van der Waals surface area contributed by atoms with Gasteiger partial charge in [-0.25, -0.2) is 0 Å². The number of carbonyl (C=O) groups is 1. The van der Waals surface area contributed by atoms with Crippen LogP contribution in [0.15, 0.2) is 34.5 Å². The molecule has 0 fully saturated rings. The van der Waals surface area contributed by atoms with E-state index in [9.17, 15) is 9.90 Å². The number of hydrogen-bond donors (Lipinski definition) is 1. The SMILES string of the molecule is COc1ccc(N=CC2=C(O)CC(C)(C)CC2=O)cc1Cl. The average molecular weight is 308 g/mol. The molecule has 0 heterocycles. The zero-order valence-electron chi connectivity index (χ0n) is 12.3. The minimum Gasteiger partial charge on any atom is -0.511 e. The third-order valence-corrected chi connectivity index (χ3v) is 3.67. The molecule has 0 radical (unpaired) electrons. The molecule has 112 valence electrons. The molecule has 1 N–H and O–H groups in total. The van der Waals surface area contributed by atoms with Crippen LogP contribution in [0.25, 0.3) is 0 Å².